The van der Waals surface area contributed by atoms with Crippen molar-refractivity contribution in [3.8, 4) is 0 Å². The van der Waals surface area contributed by atoms with Gasteiger partial charge in [0, 0.05) is 43.9 Å². The highest BCUT2D eigenvalue weighted by Crippen LogP contribution is 2.47. The van der Waals surface area contributed by atoms with Crippen LogP contribution in [-0.4, -0.2) is 33.8 Å². The number of hydrogen-bond acceptors (Lipinski definition) is 2. The standard InChI is InChI=1S/C23H32N4O/c1-16-20(13-25-26(16)4)21-15-27(14-17-7-5-6-8-19(17)21)22(28)24-12-11-23(2,3)18-9-10-18/h5-8,13,18,21H,9-12,14-15H2,1-4H3,(H,24,28). The van der Waals surface area contributed by atoms with E-state index < -0.39 is 0 Å². The van der Waals surface area contributed by atoms with Gasteiger partial charge in [-0.25, -0.2) is 4.79 Å². The molecule has 0 spiro atoms. The Kier molecular flexibility index (Phi) is 4.94. The fraction of sp³-hybridized carbons (Fsp3) is 0.565. The number of carbonyl (C=O) groups is 1. The van der Waals surface area contributed by atoms with Crippen LogP contribution in [0.4, 0.5) is 4.79 Å². The van der Waals surface area contributed by atoms with E-state index in [-0.39, 0.29) is 11.9 Å². The van der Waals surface area contributed by atoms with E-state index in [9.17, 15) is 4.79 Å². The molecule has 2 heterocycles. The first-order valence-electron chi connectivity index (χ1n) is 10.5. The number of carbonyl (C=O) groups excluding carboxylic acids is 1. The second-order valence-electron chi connectivity index (χ2n) is 9.19. The smallest absolute Gasteiger partial charge is 0.317 e. The first kappa shape index (κ1) is 19.0. The van der Waals surface area contributed by atoms with Crippen molar-refractivity contribution in [2.75, 3.05) is 13.1 Å². The van der Waals surface area contributed by atoms with Gasteiger partial charge in [-0.3, -0.25) is 4.68 Å². The molecule has 5 heteroatoms. The first-order chi connectivity index (χ1) is 13.4. The normalized spacial score (nSPS) is 19.4. The Bertz CT molecular complexity index is 865. The van der Waals surface area contributed by atoms with Crippen LogP contribution in [0.15, 0.2) is 30.5 Å². The molecule has 0 radical (unpaired) electrons. The zero-order valence-corrected chi connectivity index (χ0v) is 17.5. The number of aromatic nitrogens is 2. The van der Waals surface area contributed by atoms with Crippen LogP contribution >= 0.6 is 0 Å². The van der Waals surface area contributed by atoms with Crippen molar-refractivity contribution in [2.45, 2.75) is 52.5 Å². The molecule has 2 amide bonds. The molecule has 1 aromatic carbocycles. The van der Waals surface area contributed by atoms with Crippen molar-refractivity contribution in [2.24, 2.45) is 18.4 Å². The highest BCUT2D eigenvalue weighted by Gasteiger charge is 2.37. The van der Waals surface area contributed by atoms with Crippen LogP contribution in [0.2, 0.25) is 0 Å². The minimum absolute atomic E-state index is 0.0487. The number of fused-ring (bicyclic) bond motifs is 1. The summed E-state index contributed by atoms with van der Waals surface area (Å²) in [6.07, 6.45) is 5.68. The molecule has 4 rings (SSSR count). The quantitative estimate of drug-likeness (QED) is 0.845. The van der Waals surface area contributed by atoms with Crippen molar-refractivity contribution < 1.29 is 4.79 Å². The van der Waals surface area contributed by atoms with Crippen molar-refractivity contribution in [1.29, 1.82) is 0 Å². The number of nitrogens with one attached hydrogen (secondary N) is 1. The topological polar surface area (TPSA) is 50.2 Å². The molecular formula is C23H32N4O. The number of rotatable bonds is 5. The number of urea groups is 1. The molecule has 1 N–H and O–H groups in total. The maximum atomic E-state index is 12.9. The monoisotopic (exact) mass is 380 g/mol. The highest BCUT2D eigenvalue weighted by atomic mass is 16.2. The van der Waals surface area contributed by atoms with Crippen LogP contribution in [0.1, 0.15) is 61.4 Å². The van der Waals surface area contributed by atoms with Gasteiger partial charge in [0.2, 0.25) is 0 Å². The lowest BCUT2D eigenvalue weighted by atomic mass is 9.84. The minimum atomic E-state index is 0.0487. The second kappa shape index (κ2) is 7.26. The van der Waals surface area contributed by atoms with Crippen molar-refractivity contribution in [3.05, 3.63) is 52.8 Å². The number of amides is 2. The van der Waals surface area contributed by atoms with Crippen LogP contribution < -0.4 is 5.32 Å². The van der Waals surface area contributed by atoms with E-state index in [1.54, 1.807) is 0 Å². The zero-order chi connectivity index (χ0) is 19.9. The minimum Gasteiger partial charge on any atom is -0.338 e. The van der Waals surface area contributed by atoms with E-state index in [2.05, 4.69) is 55.5 Å². The fourth-order valence-electron chi connectivity index (χ4n) is 4.56. The Labute approximate surface area is 168 Å². The molecule has 1 aliphatic carbocycles. The molecule has 1 aliphatic heterocycles. The van der Waals surface area contributed by atoms with Gasteiger partial charge in [0.15, 0.2) is 0 Å². The van der Waals surface area contributed by atoms with E-state index >= 15 is 0 Å². The molecular weight excluding hydrogens is 348 g/mol. The van der Waals surface area contributed by atoms with Crippen LogP contribution in [0, 0.1) is 18.3 Å². The third-order valence-corrected chi connectivity index (χ3v) is 6.86. The van der Waals surface area contributed by atoms with Gasteiger partial charge in [-0.1, -0.05) is 38.1 Å². The lowest BCUT2D eigenvalue weighted by Gasteiger charge is -2.35. The van der Waals surface area contributed by atoms with Crippen LogP contribution in [0.25, 0.3) is 0 Å². The zero-order valence-electron chi connectivity index (χ0n) is 17.5. The lowest BCUT2D eigenvalue weighted by Crippen LogP contribution is -2.45. The average Bonchev–Trinajstić information content (AvgIpc) is 3.48. The van der Waals surface area contributed by atoms with E-state index in [1.807, 2.05) is 22.8 Å². The maximum absolute atomic E-state index is 12.9. The van der Waals surface area contributed by atoms with Crippen molar-refractivity contribution in [1.82, 2.24) is 20.0 Å². The predicted octanol–water partition coefficient (Wildman–Crippen LogP) is 4.21. The molecule has 1 unspecified atom stereocenters. The Balaban J connectivity index is 1.48. The van der Waals surface area contributed by atoms with Gasteiger partial charge in [-0.15, -0.1) is 0 Å². The Hall–Kier alpha value is -2.30. The summed E-state index contributed by atoms with van der Waals surface area (Å²) in [4.78, 5) is 14.9. The van der Waals surface area contributed by atoms with E-state index in [4.69, 9.17) is 0 Å². The molecule has 1 saturated carbocycles. The molecule has 2 aromatic rings. The number of aryl methyl sites for hydroxylation is 1. The summed E-state index contributed by atoms with van der Waals surface area (Å²) in [5.74, 6) is 1.01. The Morgan fingerprint density at radius 2 is 2.00 bits per heavy atom. The maximum Gasteiger partial charge on any atom is 0.317 e. The van der Waals surface area contributed by atoms with Crippen molar-refractivity contribution >= 4 is 6.03 Å². The summed E-state index contributed by atoms with van der Waals surface area (Å²) >= 11 is 0. The number of nitrogens with zero attached hydrogens (tertiary/aromatic N) is 3. The van der Waals surface area contributed by atoms with Crippen LogP contribution in [0.3, 0.4) is 0 Å². The second-order valence-corrected chi connectivity index (χ2v) is 9.19. The van der Waals surface area contributed by atoms with E-state index in [1.165, 1.54) is 29.5 Å². The summed E-state index contributed by atoms with van der Waals surface area (Å²) in [7, 11) is 1.97. The Morgan fingerprint density at radius 3 is 2.68 bits per heavy atom. The lowest BCUT2D eigenvalue weighted by molar-refractivity contribution is 0.185. The highest BCUT2D eigenvalue weighted by molar-refractivity contribution is 5.75. The molecule has 150 valence electrons. The van der Waals surface area contributed by atoms with Crippen LogP contribution in [0.5, 0.6) is 0 Å². The van der Waals surface area contributed by atoms with Gasteiger partial charge in [0.25, 0.3) is 0 Å². The average molecular weight is 381 g/mol. The van der Waals surface area contributed by atoms with Gasteiger partial charge in [-0.05, 0) is 48.6 Å². The number of hydrogen-bond donors (Lipinski definition) is 1. The molecule has 5 nitrogen and oxygen atoms in total. The first-order valence-corrected chi connectivity index (χ1v) is 10.5. The predicted molar refractivity (Wildman–Crippen MR) is 111 cm³/mol. The summed E-state index contributed by atoms with van der Waals surface area (Å²) in [6.45, 7) is 8.87. The van der Waals surface area contributed by atoms with Gasteiger partial charge < -0.3 is 10.2 Å². The summed E-state index contributed by atoms with van der Waals surface area (Å²) in [5.41, 5.74) is 5.25. The molecule has 1 aromatic heterocycles. The summed E-state index contributed by atoms with van der Waals surface area (Å²) < 4.78 is 1.91. The van der Waals surface area contributed by atoms with Gasteiger partial charge in [0.05, 0.1) is 6.20 Å². The number of benzene rings is 1. The fourth-order valence-corrected chi connectivity index (χ4v) is 4.56. The Morgan fingerprint density at radius 1 is 1.25 bits per heavy atom. The summed E-state index contributed by atoms with van der Waals surface area (Å²) in [6, 6.07) is 8.54. The molecule has 2 aliphatic rings. The van der Waals surface area contributed by atoms with Crippen LogP contribution in [-0.2, 0) is 13.6 Å². The summed E-state index contributed by atoms with van der Waals surface area (Å²) in [5, 5.41) is 7.61. The van der Waals surface area contributed by atoms with Gasteiger partial charge >= 0.3 is 6.03 Å². The molecule has 1 atom stereocenters. The third kappa shape index (κ3) is 3.67. The van der Waals surface area contributed by atoms with E-state index in [0.29, 0.717) is 18.5 Å². The SMILES string of the molecule is Cc1c(C2CN(C(=O)NCCC(C)(C)C3CC3)Cc3ccccc32)cnn1C. The molecule has 1 fully saturated rings. The van der Waals surface area contributed by atoms with Crippen molar-refractivity contribution in [3.63, 3.8) is 0 Å². The molecule has 0 saturated heterocycles. The molecule has 28 heavy (non-hydrogen) atoms. The third-order valence-electron chi connectivity index (χ3n) is 6.86. The van der Waals surface area contributed by atoms with Gasteiger partial charge in [-0.2, -0.15) is 5.10 Å². The molecule has 0 bridgehead atoms. The van der Waals surface area contributed by atoms with Gasteiger partial charge in [0.1, 0.15) is 0 Å². The largest absolute Gasteiger partial charge is 0.338 e. The van der Waals surface area contributed by atoms with E-state index in [0.717, 1.165) is 24.6 Å².